The first kappa shape index (κ1) is 16.5. The van der Waals surface area contributed by atoms with Crippen LogP contribution < -0.4 is 10.1 Å². The number of nitrogens with one attached hydrogen (secondary N) is 1. The predicted molar refractivity (Wildman–Crippen MR) is 90.0 cm³/mol. The summed E-state index contributed by atoms with van der Waals surface area (Å²) in [6, 6.07) is 13.9. The number of hydrogen-bond donors (Lipinski definition) is 1. The van der Waals surface area contributed by atoms with Gasteiger partial charge in [0.25, 0.3) is 11.8 Å². The predicted octanol–water partition coefficient (Wildman–Crippen LogP) is 3.04. The van der Waals surface area contributed by atoms with E-state index in [0.29, 0.717) is 29.2 Å². The van der Waals surface area contributed by atoms with E-state index in [-0.39, 0.29) is 11.8 Å². The molecule has 0 heterocycles. The van der Waals surface area contributed by atoms with Crippen molar-refractivity contribution >= 4 is 17.5 Å². The Labute approximate surface area is 135 Å². The molecule has 2 rings (SSSR count). The number of amides is 2. The van der Waals surface area contributed by atoms with Gasteiger partial charge in [-0.25, -0.2) is 0 Å². The second kappa shape index (κ2) is 7.45. The van der Waals surface area contributed by atoms with Crippen molar-refractivity contribution in [2.75, 3.05) is 26.0 Å². The lowest BCUT2D eigenvalue weighted by Gasteiger charge is -2.12. The zero-order valence-corrected chi connectivity index (χ0v) is 13.5. The Bertz CT molecular complexity index is 694. The molecule has 0 aromatic heterocycles. The van der Waals surface area contributed by atoms with E-state index in [9.17, 15) is 9.59 Å². The van der Waals surface area contributed by atoms with Gasteiger partial charge in [-0.2, -0.15) is 0 Å². The highest BCUT2D eigenvalue weighted by Gasteiger charge is 2.13. The summed E-state index contributed by atoms with van der Waals surface area (Å²) in [6.07, 6.45) is 0. The van der Waals surface area contributed by atoms with E-state index in [4.69, 9.17) is 4.74 Å². The van der Waals surface area contributed by atoms with Crippen LogP contribution in [0.5, 0.6) is 5.75 Å². The molecule has 0 unspecified atom stereocenters. The molecule has 2 amide bonds. The maximum Gasteiger partial charge on any atom is 0.259 e. The topological polar surface area (TPSA) is 58.6 Å². The van der Waals surface area contributed by atoms with Gasteiger partial charge in [0, 0.05) is 25.3 Å². The van der Waals surface area contributed by atoms with Gasteiger partial charge in [0.05, 0.1) is 12.2 Å². The number of ether oxygens (including phenoxy) is 1. The molecule has 0 aliphatic heterocycles. The number of rotatable bonds is 5. The molecule has 0 aliphatic carbocycles. The highest BCUT2D eigenvalue weighted by Crippen LogP contribution is 2.20. The summed E-state index contributed by atoms with van der Waals surface area (Å²) in [5.74, 6) is 0.220. The van der Waals surface area contributed by atoms with E-state index < -0.39 is 0 Å². The van der Waals surface area contributed by atoms with Gasteiger partial charge in [-0.1, -0.05) is 12.1 Å². The molecular formula is C18H20N2O3. The van der Waals surface area contributed by atoms with E-state index in [1.165, 1.54) is 4.90 Å². The summed E-state index contributed by atoms with van der Waals surface area (Å²) in [7, 11) is 3.39. The van der Waals surface area contributed by atoms with Crippen molar-refractivity contribution in [3.8, 4) is 5.75 Å². The molecule has 120 valence electrons. The zero-order valence-electron chi connectivity index (χ0n) is 13.5. The largest absolute Gasteiger partial charge is 0.493 e. The SMILES string of the molecule is CCOc1ccccc1C(=O)Nc1ccc(C(=O)N(C)C)cc1. The Hall–Kier alpha value is -2.82. The minimum absolute atomic E-state index is 0.0791. The van der Waals surface area contributed by atoms with Gasteiger partial charge in [-0.3, -0.25) is 9.59 Å². The normalized spacial score (nSPS) is 10.0. The van der Waals surface area contributed by atoms with E-state index >= 15 is 0 Å². The van der Waals surface area contributed by atoms with E-state index in [1.807, 2.05) is 13.0 Å². The lowest BCUT2D eigenvalue weighted by molar-refractivity contribution is 0.0827. The Balaban J connectivity index is 2.13. The summed E-state index contributed by atoms with van der Waals surface area (Å²) < 4.78 is 5.46. The van der Waals surface area contributed by atoms with Gasteiger partial charge in [0.15, 0.2) is 0 Å². The average molecular weight is 312 g/mol. The highest BCUT2D eigenvalue weighted by atomic mass is 16.5. The lowest BCUT2D eigenvalue weighted by Crippen LogP contribution is -2.21. The van der Waals surface area contributed by atoms with Crippen molar-refractivity contribution in [1.82, 2.24) is 4.90 Å². The number of benzene rings is 2. The van der Waals surface area contributed by atoms with Crippen LogP contribution in [0.25, 0.3) is 0 Å². The molecule has 0 saturated carbocycles. The smallest absolute Gasteiger partial charge is 0.259 e. The molecule has 23 heavy (non-hydrogen) atoms. The average Bonchev–Trinajstić information content (AvgIpc) is 2.55. The van der Waals surface area contributed by atoms with Crippen LogP contribution in [0, 0.1) is 0 Å². The summed E-state index contributed by atoms with van der Waals surface area (Å²) in [4.78, 5) is 25.7. The lowest BCUT2D eigenvalue weighted by atomic mass is 10.1. The highest BCUT2D eigenvalue weighted by molar-refractivity contribution is 6.06. The first-order valence-electron chi connectivity index (χ1n) is 7.37. The van der Waals surface area contributed by atoms with Gasteiger partial charge in [0.2, 0.25) is 0 Å². The van der Waals surface area contributed by atoms with Crippen LogP contribution in [0.4, 0.5) is 5.69 Å². The molecule has 2 aromatic rings. The fourth-order valence-corrected chi connectivity index (χ4v) is 2.09. The van der Waals surface area contributed by atoms with Crippen LogP contribution >= 0.6 is 0 Å². The summed E-state index contributed by atoms with van der Waals surface area (Å²) in [5, 5.41) is 2.81. The maximum absolute atomic E-state index is 12.4. The van der Waals surface area contributed by atoms with Gasteiger partial charge < -0.3 is 15.0 Å². The van der Waals surface area contributed by atoms with Crippen molar-refractivity contribution in [2.24, 2.45) is 0 Å². The molecule has 0 spiro atoms. The van der Waals surface area contributed by atoms with E-state index in [2.05, 4.69) is 5.32 Å². The number of hydrogen-bond acceptors (Lipinski definition) is 3. The van der Waals surface area contributed by atoms with Crippen LogP contribution in [0.15, 0.2) is 48.5 Å². The Morgan fingerprint density at radius 3 is 2.30 bits per heavy atom. The van der Waals surface area contributed by atoms with E-state index in [0.717, 1.165) is 0 Å². The third kappa shape index (κ3) is 4.10. The second-order valence-corrected chi connectivity index (χ2v) is 5.16. The van der Waals surface area contributed by atoms with Crippen LogP contribution in [-0.4, -0.2) is 37.4 Å². The number of carbonyl (C=O) groups is 2. The molecule has 2 aromatic carbocycles. The summed E-state index contributed by atoms with van der Waals surface area (Å²) in [5.41, 5.74) is 1.67. The van der Waals surface area contributed by atoms with Crippen molar-refractivity contribution in [2.45, 2.75) is 6.92 Å². The molecule has 0 saturated heterocycles. The number of nitrogens with zero attached hydrogens (tertiary/aromatic N) is 1. The molecule has 0 atom stereocenters. The molecule has 0 fully saturated rings. The van der Waals surface area contributed by atoms with Gasteiger partial charge >= 0.3 is 0 Å². The Kier molecular flexibility index (Phi) is 5.36. The quantitative estimate of drug-likeness (QED) is 0.923. The monoisotopic (exact) mass is 312 g/mol. The Morgan fingerprint density at radius 2 is 1.70 bits per heavy atom. The molecule has 5 heteroatoms. The molecular weight excluding hydrogens is 292 g/mol. The third-order valence-corrected chi connectivity index (χ3v) is 3.23. The van der Waals surface area contributed by atoms with Crippen molar-refractivity contribution in [1.29, 1.82) is 0 Å². The molecule has 0 aliphatic rings. The van der Waals surface area contributed by atoms with Crippen LogP contribution in [0.1, 0.15) is 27.6 Å². The fraction of sp³-hybridized carbons (Fsp3) is 0.222. The fourth-order valence-electron chi connectivity index (χ4n) is 2.09. The van der Waals surface area contributed by atoms with Gasteiger partial charge in [-0.15, -0.1) is 0 Å². The van der Waals surface area contributed by atoms with Crippen LogP contribution in [0.3, 0.4) is 0 Å². The first-order chi connectivity index (χ1) is 11.0. The summed E-state index contributed by atoms with van der Waals surface area (Å²) >= 11 is 0. The zero-order chi connectivity index (χ0) is 16.8. The van der Waals surface area contributed by atoms with Crippen LogP contribution in [-0.2, 0) is 0 Å². The molecule has 5 nitrogen and oxygen atoms in total. The van der Waals surface area contributed by atoms with E-state index in [1.54, 1.807) is 56.6 Å². The first-order valence-corrected chi connectivity index (χ1v) is 7.37. The third-order valence-electron chi connectivity index (χ3n) is 3.23. The minimum Gasteiger partial charge on any atom is -0.493 e. The van der Waals surface area contributed by atoms with Crippen molar-refractivity contribution in [3.05, 3.63) is 59.7 Å². The Morgan fingerprint density at radius 1 is 1.04 bits per heavy atom. The molecule has 0 radical (unpaired) electrons. The second-order valence-electron chi connectivity index (χ2n) is 5.16. The summed E-state index contributed by atoms with van der Waals surface area (Å²) in [6.45, 7) is 2.36. The number of para-hydroxylation sites is 1. The maximum atomic E-state index is 12.4. The molecule has 1 N–H and O–H groups in total. The van der Waals surface area contributed by atoms with Crippen molar-refractivity contribution in [3.63, 3.8) is 0 Å². The standard InChI is InChI=1S/C18H20N2O3/c1-4-23-16-8-6-5-7-15(16)17(21)19-14-11-9-13(10-12-14)18(22)20(2)3/h5-12H,4H2,1-3H3,(H,19,21). The minimum atomic E-state index is -0.249. The van der Waals surface area contributed by atoms with Gasteiger partial charge in [-0.05, 0) is 43.3 Å². The van der Waals surface area contributed by atoms with Crippen molar-refractivity contribution < 1.29 is 14.3 Å². The number of carbonyl (C=O) groups excluding carboxylic acids is 2. The number of anilines is 1. The molecule has 0 bridgehead atoms. The van der Waals surface area contributed by atoms with Crippen LogP contribution in [0.2, 0.25) is 0 Å². The van der Waals surface area contributed by atoms with Gasteiger partial charge in [0.1, 0.15) is 5.75 Å².